The van der Waals surface area contributed by atoms with Crippen LogP contribution in [0.15, 0.2) is 54.6 Å². The fraction of sp³-hybridized carbons (Fsp3) is 0.333. The summed E-state index contributed by atoms with van der Waals surface area (Å²) in [6.07, 6.45) is -0.789. The lowest BCUT2D eigenvalue weighted by molar-refractivity contribution is 0.0683. The average Bonchev–Trinajstić information content (AvgIpc) is 2.59. The second kappa shape index (κ2) is 7.22. The van der Waals surface area contributed by atoms with Crippen LogP contribution in [0.4, 0.5) is 0 Å². The van der Waals surface area contributed by atoms with E-state index in [2.05, 4.69) is 0 Å². The van der Waals surface area contributed by atoms with Crippen molar-refractivity contribution in [2.45, 2.75) is 13.0 Å². The summed E-state index contributed by atoms with van der Waals surface area (Å²) in [4.78, 5) is 0.414. The van der Waals surface area contributed by atoms with Gasteiger partial charge in [0.1, 0.15) is 6.10 Å². The summed E-state index contributed by atoms with van der Waals surface area (Å²) < 4.78 is 73.9. The maximum Gasteiger partial charge on any atom is 0.108 e. The second-order valence-corrected chi connectivity index (χ2v) is 4.40. The molecule has 0 radical (unpaired) electrons. The van der Waals surface area contributed by atoms with E-state index in [0.717, 1.165) is 0 Å². The Hall–Kier alpha value is -1.64. The van der Waals surface area contributed by atoms with Gasteiger partial charge in [-0.05, 0) is 37.5 Å². The Bertz CT molecular complexity index is 770. The lowest BCUT2D eigenvalue weighted by atomic mass is 9.97. The fourth-order valence-electron chi connectivity index (χ4n) is 1.98. The van der Waals surface area contributed by atoms with E-state index < -0.39 is 26.9 Å². The molecule has 20 heavy (non-hydrogen) atoms. The summed E-state index contributed by atoms with van der Waals surface area (Å²) in [5.41, 5.74) is 1.23. The molecule has 0 aliphatic carbocycles. The molecule has 106 valence electrons. The summed E-state index contributed by atoms with van der Waals surface area (Å²) in [6.45, 7) is -8.57. The molecular weight excluding hydrogens is 246 g/mol. The normalized spacial score (nSPS) is 21.1. The van der Waals surface area contributed by atoms with E-state index in [9.17, 15) is 0 Å². The molecule has 1 unspecified atom stereocenters. The van der Waals surface area contributed by atoms with Crippen molar-refractivity contribution in [3.05, 3.63) is 71.3 Å². The van der Waals surface area contributed by atoms with E-state index in [1.807, 2.05) is 0 Å². The summed E-state index contributed by atoms with van der Waals surface area (Å²) in [5.74, 6) is 0. The molecule has 0 spiro atoms. The SMILES string of the molecule is [2H]C([2H])([2H])c1ccccc1C(OCCN(C([2H])([2H])[2H])C([2H])([2H])[2H])c1ccccc1. The molecule has 2 rings (SSSR count). The predicted octanol–water partition coefficient (Wildman–Crippen LogP) is 3.66. The first-order chi connectivity index (χ1) is 13.3. The van der Waals surface area contributed by atoms with Gasteiger partial charge in [-0.15, -0.1) is 0 Å². The molecule has 2 heteroatoms. The Morgan fingerprint density at radius 3 is 2.55 bits per heavy atom. The average molecular weight is 278 g/mol. The Morgan fingerprint density at radius 1 is 1.05 bits per heavy atom. The molecule has 0 aliphatic rings. The molecule has 0 saturated heterocycles. The highest BCUT2D eigenvalue weighted by molar-refractivity contribution is 5.35. The first kappa shape index (κ1) is 6.88. The molecule has 2 nitrogen and oxygen atoms in total. The van der Waals surface area contributed by atoms with Crippen LogP contribution in [-0.2, 0) is 4.74 Å². The van der Waals surface area contributed by atoms with Gasteiger partial charge in [0.05, 0.1) is 6.61 Å². The lowest BCUT2D eigenvalue weighted by Crippen LogP contribution is -2.20. The third-order valence-corrected chi connectivity index (χ3v) is 2.94. The molecule has 2 aromatic carbocycles. The van der Waals surface area contributed by atoms with Gasteiger partial charge in [0.2, 0.25) is 0 Å². The van der Waals surface area contributed by atoms with Gasteiger partial charge < -0.3 is 9.64 Å². The van der Waals surface area contributed by atoms with Crippen molar-refractivity contribution in [1.29, 1.82) is 0 Å². The molecule has 0 heterocycles. The molecule has 0 bridgehead atoms. The van der Waals surface area contributed by atoms with Gasteiger partial charge in [-0.3, -0.25) is 0 Å². The van der Waals surface area contributed by atoms with E-state index in [-0.39, 0.29) is 18.7 Å². The van der Waals surface area contributed by atoms with Crippen molar-refractivity contribution < 1.29 is 17.1 Å². The van der Waals surface area contributed by atoms with Crippen LogP contribution < -0.4 is 0 Å². The van der Waals surface area contributed by atoms with Crippen LogP contribution in [0.1, 0.15) is 35.1 Å². The van der Waals surface area contributed by atoms with Gasteiger partial charge in [-0.2, -0.15) is 0 Å². The van der Waals surface area contributed by atoms with Crippen LogP contribution in [0.5, 0.6) is 0 Å². The minimum atomic E-state index is -2.81. The van der Waals surface area contributed by atoms with Crippen molar-refractivity contribution in [2.75, 3.05) is 27.1 Å². The van der Waals surface area contributed by atoms with Gasteiger partial charge in [0, 0.05) is 18.9 Å². The predicted molar refractivity (Wildman–Crippen MR) is 84.0 cm³/mol. The third-order valence-electron chi connectivity index (χ3n) is 2.94. The number of hydrogen-bond acceptors (Lipinski definition) is 2. The molecule has 0 aromatic heterocycles. The Balaban J connectivity index is 2.33. The highest BCUT2D eigenvalue weighted by atomic mass is 16.5. The third kappa shape index (κ3) is 3.92. The van der Waals surface area contributed by atoms with Gasteiger partial charge in [0.25, 0.3) is 0 Å². The maximum atomic E-state index is 7.80. The summed E-state index contributed by atoms with van der Waals surface area (Å²) in [5, 5.41) is 0. The number of benzene rings is 2. The van der Waals surface area contributed by atoms with Crippen LogP contribution in [0.3, 0.4) is 0 Å². The van der Waals surface area contributed by atoms with Crippen molar-refractivity contribution in [3.63, 3.8) is 0 Å². The van der Waals surface area contributed by atoms with Crippen LogP contribution >= 0.6 is 0 Å². The van der Waals surface area contributed by atoms with E-state index in [1.54, 1.807) is 48.5 Å². The summed E-state index contributed by atoms with van der Waals surface area (Å²) in [7, 11) is 0. The van der Waals surface area contributed by atoms with Crippen molar-refractivity contribution in [1.82, 2.24) is 4.90 Å². The van der Waals surface area contributed by atoms with Gasteiger partial charge in [-0.25, -0.2) is 0 Å². The molecule has 0 N–H and O–H groups in total. The maximum absolute atomic E-state index is 7.80. The largest absolute Gasteiger partial charge is 0.367 e. The monoisotopic (exact) mass is 278 g/mol. The molecule has 0 amide bonds. The first-order valence-electron chi connectivity index (χ1n) is 10.9. The number of rotatable bonds is 6. The smallest absolute Gasteiger partial charge is 0.108 e. The summed E-state index contributed by atoms with van der Waals surface area (Å²) >= 11 is 0. The lowest BCUT2D eigenvalue weighted by Gasteiger charge is -2.22. The molecule has 0 aliphatic heterocycles. The molecular formula is C18H23NO. The number of hydrogen-bond donors (Lipinski definition) is 0. The number of aryl methyl sites for hydroxylation is 1. The van der Waals surface area contributed by atoms with Crippen LogP contribution in [0.2, 0.25) is 0 Å². The van der Waals surface area contributed by atoms with Gasteiger partial charge in [-0.1, -0.05) is 54.6 Å². The van der Waals surface area contributed by atoms with Crippen molar-refractivity contribution in [2.24, 2.45) is 0 Å². The standard InChI is InChI=1S/C18H23NO/c1-15-9-7-8-12-17(15)18(20-14-13-19(2)3)16-10-5-4-6-11-16/h4-12,18H,13-14H2,1-3H3/i1D3,2D3,3D3. The zero-order chi connectivity index (χ0) is 21.9. The number of ether oxygens (including phenoxy) is 1. The molecule has 0 fully saturated rings. The zero-order valence-electron chi connectivity index (χ0n) is 20.0. The highest BCUT2D eigenvalue weighted by Gasteiger charge is 2.16. The Kier molecular flexibility index (Phi) is 2.49. The van der Waals surface area contributed by atoms with E-state index in [1.165, 1.54) is 6.07 Å². The topological polar surface area (TPSA) is 12.5 Å². The quantitative estimate of drug-likeness (QED) is 0.799. The zero-order valence-corrected chi connectivity index (χ0v) is 11.0. The van der Waals surface area contributed by atoms with E-state index >= 15 is 0 Å². The number of likely N-dealkylation sites (N-methyl/N-ethyl adjacent to an activating group) is 1. The Morgan fingerprint density at radius 2 is 1.80 bits per heavy atom. The molecule has 1 atom stereocenters. The van der Waals surface area contributed by atoms with Crippen LogP contribution in [-0.4, -0.2) is 32.0 Å². The molecule has 0 saturated carbocycles. The Labute approximate surface area is 134 Å². The summed E-state index contributed by atoms with van der Waals surface area (Å²) in [6, 6.07) is 15.4. The van der Waals surface area contributed by atoms with Crippen LogP contribution in [0, 0.1) is 6.85 Å². The van der Waals surface area contributed by atoms with Gasteiger partial charge >= 0.3 is 0 Å². The molecule has 2 aromatic rings. The number of nitrogens with zero attached hydrogens (tertiary/aromatic N) is 1. The first-order valence-corrected chi connectivity index (χ1v) is 6.35. The van der Waals surface area contributed by atoms with Gasteiger partial charge in [0.15, 0.2) is 0 Å². The minimum Gasteiger partial charge on any atom is -0.367 e. The van der Waals surface area contributed by atoms with Crippen molar-refractivity contribution >= 4 is 0 Å². The van der Waals surface area contributed by atoms with E-state index in [0.29, 0.717) is 16.0 Å². The fourth-order valence-corrected chi connectivity index (χ4v) is 1.98. The second-order valence-electron chi connectivity index (χ2n) is 4.40. The van der Waals surface area contributed by atoms with Crippen LogP contribution in [0.25, 0.3) is 0 Å². The minimum absolute atomic E-state index is 0.123. The van der Waals surface area contributed by atoms with E-state index in [4.69, 9.17) is 17.1 Å². The van der Waals surface area contributed by atoms with Crippen molar-refractivity contribution in [3.8, 4) is 0 Å². The highest BCUT2D eigenvalue weighted by Crippen LogP contribution is 2.28.